The van der Waals surface area contributed by atoms with Crippen molar-refractivity contribution < 1.29 is 14.3 Å². The summed E-state index contributed by atoms with van der Waals surface area (Å²) in [6.45, 7) is 9.26. The third kappa shape index (κ3) is 2.20. The molecule has 98 valence electrons. The number of hydrogen-bond acceptors (Lipinski definition) is 4. The third-order valence-corrected chi connectivity index (χ3v) is 3.93. The van der Waals surface area contributed by atoms with Gasteiger partial charge < -0.3 is 9.47 Å². The second kappa shape index (κ2) is 4.25. The van der Waals surface area contributed by atoms with Crippen molar-refractivity contribution in [2.75, 3.05) is 13.7 Å². The summed E-state index contributed by atoms with van der Waals surface area (Å²) in [6, 6.07) is 0.211. The van der Waals surface area contributed by atoms with Crippen LogP contribution in [0.25, 0.3) is 0 Å². The van der Waals surface area contributed by atoms with Gasteiger partial charge in [0.15, 0.2) is 0 Å². The Morgan fingerprint density at radius 2 is 2.12 bits per heavy atom. The van der Waals surface area contributed by atoms with Crippen LogP contribution in [0.5, 0.6) is 0 Å². The SMILES string of the molecule is COC(=O)C1C2CC(C)(C)OC2CN1C(C)C. The van der Waals surface area contributed by atoms with E-state index in [0.29, 0.717) is 6.04 Å². The Balaban J connectivity index is 2.21. The number of esters is 1. The van der Waals surface area contributed by atoms with Gasteiger partial charge in [-0.15, -0.1) is 0 Å². The van der Waals surface area contributed by atoms with Gasteiger partial charge in [-0.1, -0.05) is 0 Å². The molecule has 3 unspecified atom stereocenters. The molecular weight excluding hydrogens is 218 g/mol. The van der Waals surface area contributed by atoms with Crippen LogP contribution in [0.2, 0.25) is 0 Å². The van der Waals surface area contributed by atoms with Crippen LogP contribution in [-0.2, 0) is 14.3 Å². The third-order valence-electron chi connectivity index (χ3n) is 3.93. The van der Waals surface area contributed by atoms with E-state index in [0.717, 1.165) is 13.0 Å². The number of ether oxygens (including phenoxy) is 2. The topological polar surface area (TPSA) is 38.8 Å². The van der Waals surface area contributed by atoms with Crippen LogP contribution in [0, 0.1) is 5.92 Å². The van der Waals surface area contributed by atoms with Crippen LogP contribution in [-0.4, -0.2) is 48.3 Å². The van der Waals surface area contributed by atoms with E-state index >= 15 is 0 Å². The molecule has 0 saturated carbocycles. The summed E-state index contributed by atoms with van der Waals surface area (Å²) in [5.41, 5.74) is -0.106. The minimum Gasteiger partial charge on any atom is -0.468 e. The van der Waals surface area contributed by atoms with Gasteiger partial charge >= 0.3 is 5.97 Å². The Hall–Kier alpha value is -0.610. The fourth-order valence-corrected chi connectivity index (χ4v) is 3.26. The summed E-state index contributed by atoms with van der Waals surface area (Å²) < 4.78 is 11.0. The molecule has 3 atom stereocenters. The first kappa shape index (κ1) is 12.8. The molecule has 2 saturated heterocycles. The van der Waals surface area contributed by atoms with Crippen molar-refractivity contribution in [1.82, 2.24) is 4.90 Å². The van der Waals surface area contributed by atoms with E-state index in [4.69, 9.17) is 9.47 Å². The first-order valence-electron chi connectivity index (χ1n) is 6.37. The number of carbonyl (C=O) groups excluding carboxylic acids is 1. The van der Waals surface area contributed by atoms with E-state index in [2.05, 4.69) is 32.6 Å². The normalized spacial score (nSPS) is 36.2. The van der Waals surface area contributed by atoms with Crippen LogP contribution >= 0.6 is 0 Å². The number of likely N-dealkylation sites (tertiary alicyclic amines) is 1. The lowest BCUT2D eigenvalue weighted by molar-refractivity contribution is -0.148. The highest BCUT2D eigenvalue weighted by atomic mass is 16.5. The van der Waals surface area contributed by atoms with Gasteiger partial charge in [0.2, 0.25) is 0 Å². The maximum Gasteiger partial charge on any atom is 0.323 e. The van der Waals surface area contributed by atoms with Gasteiger partial charge in [-0.25, -0.2) is 0 Å². The summed E-state index contributed by atoms with van der Waals surface area (Å²) >= 11 is 0. The van der Waals surface area contributed by atoms with Gasteiger partial charge in [0.05, 0.1) is 18.8 Å². The molecule has 0 radical (unpaired) electrons. The second-order valence-electron chi connectivity index (χ2n) is 6.04. The Morgan fingerprint density at radius 1 is 1.47 bits per heavy atom. The number of fused-ring (bicyclic) bond motifs is 1. The van der Waals surface area contributed by atoms with Gasteiger partial charge in [-0.3, -0.25) is 9.69 Å². The molecule has 0 bridgehead atoms. The van der Waals surface area contributed by atoms with Crippen molar-refractivity contribution in [2.24, 2.45) is 5.92 Å². The Kier molecular flexibility index (Phi) is 3.21. The van der Waals surface area contributed by atoms with Crippen molar-refractivity contribution in [1.29, 1.82) is 0 Å². The monoisotopic (exact) mass is 241 g/mol. The maximum absolute atomic E-state index is 12.0. The van der Waals surface area contributed by atoms with Crippen molar-refractivity contribution >= 4 is 5.97 Å². The molecule has 4 heteroatoms. The lowest BCUT2D eigenvalue weighted by Crippen LogP contribution is -2.45. The molecule has 0 N–H and O–H groups in total. The molecule has 2 fully saturated rings. The standard InChI is InChI=1S/C13H23NO3/c1-8(2)14-7-10-9(6-13(3,4)17-10)11(14)12(15)16-5/h8-11H,6-7H2,1-5H3. The molecule has 0 aromatic carbocycles. The van der Waals surface area contributed by atoms with E-state index in [1.807, 2.05) is 0 Å². The average molecular weight is 241 g/mol. The first-order valence-corrected chi connectivity index (χ1v) is 6.37. The zero-order valence-corrected chi connectivity index (χ0v) is 11.4. The zero-order chi connectivity index (χ0) is 12.8. The fourth-order valence-electron chi connectivity index (χ4n) is 3.26. The van der Waals surface area contributed by atoms with Gasteiger partial charge in [0, 0.05) is 18.5 Å². The van der Waals surface area contributed by atoms with E-state index in [1.54, 1.807) is 0 Å². The predicted molar refractivity (Wildman–Crippen MR) is 64.7 cm³/mol. The molecule has 0 amide bonds. The van der Waals surface area contributed by atoms with Gasteiger partial charge in [0.25, 0.3) is 0 Å². The molecule has 2 heterocycles. The molecule has 2 aliphatic rings. The highest BCUT2D eigenvalue weighted by molar-refractivity contribution is 5.76. The summed E-state index contributed by atoms with van der Waals surface area (Å²) in [7, 11) is 1.47. The largest absolute Gasteiger partial charge is 0.468 e. The highest BCUT2D eigenvalue weighted by Gasteiger charge is 2.54. The Morgan fingerprint density at radius 3 is 2.65 bits per heavy atom. The first-order chi connectivity index (χ1) is 7.85. The molecule has 2 rings (SSSR count). The fraction of sp³-hybridized carbons (Fsp3) is 0.923. The quantitative estimate of drug-likeness (QED) is 0.686. The number of methoxy groups -OCH3 is 1. The molecule has 0 spiro atoms. The minimum atomic E-state index is -0.133. The Labute approximate surface area is 103 Å². The summed E-state index contributed by atoms with van der Waals surface area (Å²) in [5.74, 6) is 0.160. The zero-order valence-electron chi connectivity index (χ0n) is 11.4. The van der Waals surface area contributed by atoms with Gasteiger partial charge in [0.1, 0.15) is 6.04 Å². The smallest absolute Gasteiger partial charge is 0.323 e. The van der Waals surface area contributed by atoms with Crippen LogP contribution in [0.15, 0.2) is 0 Å². The van der Waals surface area contributed by atoms with Crippen molar-refractivity contribution in [2.45, 2.75) is 57.9 Å². The van der Waals surface area contributed by atoms with Crippen molar-refractivity contribution in [3.63, 3.8) is 0 Å². The lowest BCUT2D eigenvalue weighted by atomic mass is 9.90. The van der Waals surface area contributed by atoms with Crippen molar-refractivity contribution in [3.8, 4) is 0 Å². The predicted octanol–water partition coefficient (Wildman–Crippen LogP) is 1.44. The van der Waals surface area contributed by atoms with E-state index < -0.39 is 0 Å². The number of carbonyl (C=O) groups is 1. The molecule has 2 aliphatic heterocycles. The Bertz CT molecular complexity index is 314. The maximum atomic E-state index is 12.0. The van der Waals surface area contributed by atoms with Crippen LogP contribution in [0.1, 0.15) is 34.1 Å². The van der Waals surface area contributed by atoms with Crippen LogP contribution in [0.3, 0.4) is 0 Å². The van der Waals surface area contributed by atoms with Gasteiger partial charge in [-0.2, -0.15) is 0 Å². The summed E-state index contributed by atoms with van der Waals surface area (Å²) in [4.78, 5) is 14.2. The number of rotatable bonds is 2. The molecule has 0 aromatic rings. The molecule has 0 aromatic heterocycles. The summed E-state index contributed by atoms with van der Waals surface area (Å²) in [6.07, 6.45) is 1.11. The number of nitrogens with zero attached hydrogens (tertiary/aromatic N) is 1. The molecule has 0 aliphatic carbocycles. The lowest BCUT2D eigenvalue weighted by Gasteiger charge is -2.30. The van der Waals surface area contributed by atoms with Crippen LogP contribution < -0.4 is 0 Å². The van der Waals surface area contributed by atoms with E-state index in [-0.39, 0.29) is 29.6 Å². The second-order valence-corrected chi connectivity index (χ2v) is 6.04. The molecule has 4 nitrogen and oxygen atoms in total. The highest BCUT2D eigenvalue weighted by Crippen LogP contribution is 2.43. The number of hydrogen-bond donors (Lipinski definition) is 0. The van der Waals surface area contributed by atoms with Crippen LogP contribution in [0.4, 0.5) is 0 Å². The molecule has 17 heavy (non-hydrogen) atoms. The minimum absolute atomic E-state index is 0.106. The van der Waals surface area contributed by atoms with Crippen molar-refractivity contribution in [3.05, 3.63) is 0 Å². The molecular formula is C13H23NO3. The average Bonchev–Trinajstić information content (AvgIpc) is 2.68. The van der Waals surface area contributed by atoms with Gasteiger partial charge in [-0.05, 0) is 34.1 Å². The summed E-state index contributed by atoms with van der Waals surface area (Å²) in [5, 5.41) is 0. The van der Waals surface area contributed by atoms with E-state index in [9.17, 15) is 4.79 Å². The van der Waals surface area contributed by atoms with E-state index in [1.165, 1.54) is 7.11 Å².